The molecule has 0 N–H and O–H groups in total. The highest BCUT2D eigenvalue weighted by Gasteiger charge is 2.18. The maximum atomic E-state index is 3.61. The fraction of sp³-hybridized carbons (Fsp3) is 0.150. The molecule has 1 aliphatic rings. The van der Waals surface area contributed by atoms with Crippen LogP contribution in [0.2, 0.25) is 0 Å². The second-order valence-electron chi connectivity index (χ2n) is 5.98. The standard InChI is InChI=1S/C20H19N3/c1-15-8-7-11-17-18(16-9-5-4-6-10-16)14-23(19(15)17)20-21(2)12-13-22(20)3/h4-13H,1-3H3. The van der Waals surface area contributed by atoms with E-state index < -0.39 is 0 Å². The van der Waals surface area contributed by atoms with Crippen molar-refractivity contribution in [1.29, 1.82) is 0 Å². The van der Waals surface area contributed by atoms with Crippen molar-refractivity contribution in [2.75, 3.05) is 0 Å². The van der Waals surface area contributed by atoms with E-state index in [0.29, 0.717) is 0 Å². The van der Waals surface area contributed by atoms with Crippen molar-refractivity contribution in [2.24, 2.45) is 14.1 Å². The zero-order valence-corrected chi connectivity index (χ0v) is 13.6. The lowest BCUT2D eigenvalue weighted by Crippen LogP contribution is -2.33. The average molecular weight is 301 g/mol. The summed E-state index contributed by atoms with van der Waals surface area (Å²) >= 11 is 0. The number of rotatable bonds is 1. The molecule has 2 heterocycles. The molecule has 0 unspecified atom stereocenters. The lowest BCUT2D eigenvalue weighted by molar-refractivity contribution is 0.675. The Balaban J connectivity index is 2.12. The fourth-order valence-electron chi connectivity index (χ4n) is 3.26. The average Bonchev–Trinajstić information content (AvgIpc) is 3.09. The Morgan fingerprint density at radius 1 is 0.870 bits per heavy atom. The molecule has 23 heavy (non-hydrogen) atoms. The first kappa shape index (κ1) is 13.8. The molecule has 114 valence electrons. The van der Waals surface area contributed by atoms with Gasteiger partial charge in [-0.3, -0.25) is 9.13 Å². The highest BCUT2D eigenvalue weighted by molar-refractivity contribution is 5.88. The molecule has 0 atom stereocenters. The summed E-state index contributed by atoms with van der Waals surface area (Å²) in [4.78, 5) is 0. The number of nitrogens with zero attached hydrogens (tertiary/aromatic N) is 3. The van der Waals surface area contributed by atoms with E-state index in [-0.39, 0.29) is 0 Å². The van der Waals surface area contributed by atoms with Gasteiger partial charge < -0.3 is 4.58 Å². The van der Waals surface area contributed by atoms with Gasteiger partial charge >= 0.3 is 5.62 Å². The van der Waals surface area contributed by atoms with Gasteiger partial charge in [-0.2, -0.15) is 0 Å². The van der Waals surface area contributed by atoms with Crippen LogP contribution in [0.4, 0.5) is 5.69 Å². The van der Waals surface area contributed by atoms with Crippen LogP contribution in [0.3, 0.4) is 0 Å². The molecule has 0 radical (unpaired) electrons. The number of fused-ring (bicyclic) bond motifs is 1. The number of aryl methyl sites for hydroxylation is 3. The molecule has 2 aromatic carbocycles. The van der Waals surface area contributed by atoms with Gasteiger partial charge in [0.05, 0.1) is 26.5 Å². The Morgan fingerprint density at radius 3 is 2.26 bits per heavy atom. The van der Waals surface area contributed by atoms with Gasteiger partial charge in [0, 0.05) is 11.9 Å². The fourth-order valence-corrected chi connectivity index (χ4v) is 3.26. The second-order valence-corrected chi connectivity index (χ2v) is 5.98. The van der Waals surface area contributed by atoms with Crippen LogP contribution in [0.25, 0.3) is 5.57 Å². The maximum Gasteiger partial charge on any atom is 0.303 e. The predicted octanol–water partition coefficient (Wildman–Crippen LogP) is 2.98. The quantitative estimate of drug-likeness (QED) is 0.484. The van der Waals surface area contributed by atoms with Crippen LogP contribution < -0.4 is 10.2 Å². The summed E-state index contributed by atoms with van der Waals surface area (Å²) in [5, 5.41) is 0. The van der Waals surface area contributed by atoms with Gasteiger partial charge in [0.25, 0.3) is 0 Å². The Hall–Kier alpha value is -2.81. The number of aromatic nitrogens is 2. The molecule has 3 heteroatoms. The number of para-hydroxylation sites is 1. The second kappa shape index (κ2) is 5.13. The van der Waals surface area contributed by atoms with E-state index >= 15 is 0 Å². The van der Waals surface area contributed by atoms with Gasteiger partial charge in [-0.25, -0.2) is 0 Å². The third-order valence-corrected chi connectivity index (χ3v) is 4.36. The molecule has 4 rings (SSSR count). The van der Waals surface area contributed by atoms with Crippen molar-refractivity contribution in [3.63, 3.8) is 0 Å². The Bertz CT molecular complexity index is 963. The smallest absolute Gasteiger partial charge is 0.303 e. The van der Waals surface area contributed by atoms with E-state index in [9.17, 15) is 0 Å². The molecule has 1 aromatic heterocycles. The van der Waals surface area contributed by atoms with Crippen molar-refractivity contribution < 1.29 is 0 Å². The van der Waals surface area contributed by atoms with Crippen LogP contribution >= 0.6 is 0 Å². The Labute approximate surface area is 136 Å². The van der Waals surface area contributed by atoms with E-state index in [0.717, 1.165) is 11.2 Å². The molecule has 0 spiro atoms. The van der Waals surface area contributed by atoms with Crippen molar-refractivity contribution in [1.82, 2.24) is 13.7 Å². The zero-order chi connectivity index (χ0) is 16.0. The van der Waals surface area contributed by atoms with Crippen molar-refractivity contribution >= 4 is 11.3 Å². The number of benzene rings is 2. The van der Waals surface area contributed by atoms with E-state index in [4.69, 9.17) is 0 Å². The van der Waals surface area contributed by atoms with E-state index in [1.165, 1.54) is 22.4 Å². The van der Waals surface area contributed by atoms with Crippen molar-refractivity contribution in [3.8, 4) is 0 Å². The summed E-state index contributed by atoms with van der Waals surface area (Å²) < 4.78 is 6.42. The first-order chi connectivity index (χ1) is 11.2. The Morgan fingerprint density at radius 2 is 1.57 bits per heavy atom. The summed E-state index contributed by atoms with van der Waals surface area (Å²) in [6, 6.07) is 16.9. The number of hydrogen-bond donors (Lipinski definition) is 0. The summed E-state index contributed by atoms with van der Waals surface area (Å²) in [5.74, 6) is 0. The largest absolute Gasteiger partial charge is 0.303 e. The summed E-state index contributed by atoms with van der Waals surface area (Å²) in [6.07, 6.45) is 7.74. The first-order valence-corrected chi connectivity index (χ1v) is 7.77. The van der Waals surface area contributed by atoms with Gasteiger partial charge in [-0.15, -0.1) is 0 Å². The first-order valence-electron chi connectivity index (χ1n) is 7.77. The van der Waals surface area contributed by atoms with Crippen molar-refractivity contribution in [2.45, 2.75) is 6.92 Å². The third kappa shape index (κ3) is 2.08. The third-order valence-electron chi connectivity index (χ3n) is 4.36. The predicted molar refractivity (Wildman–Crippen MR) is 92.7 cm³/mol. The number of hydrogen-bond acceptors (Lipinski definition) is 0. The molecule has 0 amide bonds. The molecule has 0 saturated heterocycles. The van der Waals surface area contributed by atoms with Crippen LogP contribution in [0, 0.1) is 13.1 Å². The van der Waals surface area contributed by atoms with Gasteiger partial charge in [0.15, 0.2) is 0 Å². The molecular formula is C20H19N3. The summed E-state index contributed by atoms with van der Waals surface area (Å²) in [6.45, 7) is 2.16. The molecule has 0 fully saturated rings. The van der Waals surface area contributed by atoms with Crippen LogP contribution in [-0.4, -0.2) is 9.13 Å². The minimum atomic E-state index is 1.09. The molecule has 0 saturated carbocycles. The normalized spacial score (nSPS) is 13.2. The zero-order valence-electron chi connectivity index (χ0n) is 13.6. The van der Waals surface area contributed by atoms with E-state index in [1.54, 1.807) is 0 Å². The lowest BCUT2D eigenvalue weighted by Gasteiger charge is -2.13. The molecular weight excluding hydrogens is 282 g/mol. The SMILES string of the molecule is Cc1cccc2c1[N+](=c1n(C)ccn1C)[C-]=C2c1ccccc1. The van der Waals surface area contributed by atoms with Crippen LogP contribution in [0.1, 0.15) is 16.7 Å². The highest BCUT2D eigenvalue weighted by Crippen LogP contribution is 2.37. The van der Waals surface area contributed by atoms with Gasteiger partial charge in [-0.1, -0.05) is 70.8 Å². The van der Waals surface area contributed by atoms with Crippen molar-refractivity contribution in [3.05, 3.63) is 89.4 Å². The minimum Gasteiger partial charge on any atom is -0.303 e. The lowest BCUT2D eigenvalue weighted by atomic mass is 9.98. The molecule has 0 bridgehead atoms. The molecule has 0 aliphatic carbocycles. The molecule has 3 nitrogen and oxygen atoms in total. The molecule has 3 aromatic rings. The van der Waals surface area contributed by atoms with Gasteiger partial charge in [-0.05, 0) is 6.92 Å². The molecule has 1 aliphatic heterocycles. The minimum absolute atomic E-state index is 1.09. The van der Waals surface area contributed by atoms with Gasteiger partial charge in [0.1, 0.15) is 0 Å². The highest BCUT2D eigenvalue weighted by atomic mass is 15.2. The van der Waals surface area contributed by atoms with Crippen LogP contribution in [0.5, 0.6) is 0 Å². The summed E-state index contributed by atoms with van der Waals surface area (Å²) in [5.41, 5.74) is 7.12. The number of imidazole rings is 1. The van der Waals surface area contributed by atoms with Crippen LogP contribution in [0.15, 0.2) is 60.9 Å². The van der Waals surface area contributed by atoms with Gasteiger partial charge in [0.2, 0.25) is 0 Å². The Kier molecular flexibility index (Phi) is 3.08. The van der Waals surface area contributed by atoms with E-state index in [2.05, 4.69) is 95.8 Å². The topological polar surface area (TPSA) is 12.9 Å². The summed E-state index contributed by atoms with van der Waals surface area (Å²) in [7, 11) is 4.13. The van der Waals surface area contributed by atoms with Crippen LogP contribution in [-0.2, 0) is 14.1 Å². The maximum absolute atomic E-state index is 3.61. The van der Waals surface area contributed by atoms with E-state index in [1.807, 2.05) is 6.07 Å². The monoisotopic (exact) mass is 301 g/mol.